The number of halogens is 1. The lowest BCUT2D eigenvalue weighted by Crippen LogP contribution is -2.27. The molecule has 0 atom stereocenters. The van der Waals surface area contributed by atoms with Crippen LogP contribution in [0.5, 0.6) is 5.75 Å². The number of rotatable bonds is 7. The van der Waals surface area contributed by atoms with Crippen LogP contribution in [-0.2, 0) is 16.1 Å². The molecule has 3 aromatic carbocycles. The molecule has 0 saturated carbocycles. The Labute approximate surface area is 215 Å². The number of nitrogens with one attached hydrogen (secondary N) is 1. The minimum absolute atomic E-state index is 0.149. The second-order valence-electron chi connectivity index (χ2n) is 7.67. The number of anilines is 1. The average Bonchev–Trinajstić information content (AvgIpc) is 3.08. The highest BCUT2D eigenvalue weighted by atomic mass is 127. The fourth-order valence-electron chi connectivity index (χ4n) is 3.24. The van der Waals surface area contributed by atoms with Crippen molar-refractivity contribution in [2.75, 3.05) is 11.9 Å². The third-order valence-corrected chi connectivity index (χ3v) is 6.62. The number of amides is 3. The molecule has 3 amide bonds. The number of nitrogens with zero attached hydrogens (tertiary/aromatic N) is 1. The maximum Gasteiger partial charge on any atom is 0.293 e. The van der Waals surface area contributed by atoms with Crippen LogP contribution >= 0.6 is 34.4 Å². The van der Waals surface area contributed by atoms with Gasteiger partial charge in [0.05, 0.1) is 11.4 Å². The molecule has 0 radical (unpaired) electrons. The molecule has 1 N–H and O–H groups in total. The molecule has 1 saturated heterocycles. The second-order valence-corrected chi connectivity index (χ2v) is 9.91. The van der Waals surface area contributed by atoms with Gasteiger partial charge in [-0.15, -0.1) is 0 Å². The number of hydrogen-bond acceptors (Lipinski definition) is 5. The van der Waals surface area contributed by atoms with E-state index in [0.717, 1.165) is 26.5 Å². The molecule has 1 aliphatic heterocycles. The van der Waals surface area contributed by atoms with Crippen molar-refractivity contribution < 1.29 is 19.1 Å². The van der Waals surface area contributed by atoms with Crippen molar-refractivity contribution in [3.8, 4) is 5.75 Å². The van der Waals surface area contributed by atoms with Gasteiger partial charge in [0.15, 0.2) is 6.61 Å². The highest BCUT2D eigenvalue weighted by molar-refractivity contribution is 14.1. The molecule has 0 unspecified atom stereocenters. The number of aryl methyl sites for hydroxylation is 1. The van der Waals surface area contributed by atoms with Crippen LogP contribution in [0.2, 0.25) is 0 Å². The molecule has 0 bridgehead atoms. The van der Waals surface area contributed by atoms with Crippen LogP contribution in [0.15, 0.2) is 77.7 Å². The Morgan fingerprint density at radius 3 is 2.53 bits per heavy atom. The van der Waals surface area contributed by atoms with Gasteiger partial charge in [0, 0.05) is 9.26 Å². The van der Waals surface area contributed by atoms with Gasteiger partial charge in [-0.25, -0.2) is 0 Å². The molecule has 3 aromatic rings. The Balaban J connectivity index is 1.38. The first-order chi connectivity index (χ1) is 16.4. The fraction of sp³-hybridized carbons (Fsp3) is 0.115. The van der Waals surface area contributed by atoms with Gasteiger partial charge in [0.2, 0.25) is 0 Å². The number of imide groups is 1. The number of carbonyl (C=O) groups is 3. The van der Waals surface area contributed by atoms with Crippen molar-refractivity contribution in [1.82, 2.24) is 4.90 Å². The molecular formula is C26H21IN2O4S. The van der Waals surface area contributed by atoms with Gasteiger partial charge in [-0.3, -0.25) is 19.3 Å². The second kappa shape index (κ2) is 10.9. The molecule has 6 nitrogen and oxygen atoms in total. The maximum absolute atomic E-state index is 12.8. The summed E-state index contributed by atoms with van der Waals surface area (Å²) in [5, 5.41) is 2.49. The topological polar surface area (TPSA) is 75.7 Å². The first kappa shape index (κ1) is 24.0. The van der Waals surface area contributed by atoms with Crippen LogP contribution < -0.4 is 10.1 Å². The lowest BCUT2D eigenvalue weighted by Gasteiger charge is -2.12. The molecule has 0 spiro atoms. The van der Waals surface area contributed by atoms with Crippen LogP contribution in [-0.4, -0.2) is 28.6 Å². The minimum Gasteiger partial charge on any atom is -0.484 e. The Morgan fingerprint density at radius 1 is 1.06 bits per heavy atom. The van der Waals surface area contributed by atoms with Crippen molar-refractivity contribution in [3.63, 3.8) is 0 Å². The smallest absolute Gasteiger partial charge is 0.293 e. The van der Waals surface area contributed by atoms with Crippen molar-refractivity contribution in [2.45, 2.75) is 13.5 Å². The lowest BCUT2D eigenvalue weighted by molar-refractivity contribution is -0.123. The van der Waals surface area contributed by atoms with Gasteiger partial charge in [-0.2, -0.15) is 0 Å². The zero-order chi connectivity index (χ0) is 24.1. The quantitative estimate of drug-likeness (QED) is 0.279. The van der Waals surface area contributed by atoms with Crippen LogP contribution in [0.4, 0.5) is 10.5 Å². The van der Waals surface area contributed by atoms with E-state index in [1.165, 1.54) is 4.90 Å². The van der Waals surface area contributed by atoms with Crippen molar-refractivity contribution >= 4 is 63.2 Å². The van der Waals surface area contributed by atoms with E-state index in [0.29, 0.717) is 21.9 Å². The fourth-order valence-corrected chi connectivity index (χ4v) is 4.43. The Bertz CT molecular complexity index is 1260. The highest BCUT2D eigenvalue weighted by Gasteiger charge is 2.34. The van der Waals surface area contributed by atoms with Crippen LogP contribution in [0.3, 0.4) is 0 Å². The largest absolute Gasteiger partial charge is 0.484 e. The standard InChI is InChI=1S/C26H21IN2O4S/c1-17-5-11-21(12-6-17)28-24(30)16-33-22-4-2-3-19(13-22)14-23-25(31)29(26(32)34-23)15-18-7-9-20(27)10-8-18/h2-14H,15-16H2,1H3,(H,28,30)/b23-14-. The minimum atomic E-state index is -0.322. The third kappa shape index (κ3) is 6.27. The summed E-state index contributed by atoms with van der Waals surface area (Å²) >= 11 is 3.13. The van der Waals surface area contributed by atoms with Gasteiger partial charge in [0.25, 0.3) is 17.1 Å². The summed E-state index contributed by atoms with van der Waals surface area (Å²) in [6.07, 6.45) is 1.66. The maximum atomic E-state index is 12.8. The molecule has 0 aliphatic carbocycles. The van der Waals surface area contributed by atoms with E-state index in [4.69, 9.17) is 4.74 Å². The van der Waals surface area contributed by atoms with Crippen LogP contribution in [0.1, 0.15) is 16.7 Å². The normalized spacial score (nSPS) is 14.5. The summed E-state index contributed by atoms with van der Waals surface area (Å²) in [5.41, 5.74) is 3.41. The predicted octanol–water partition coefficient (Wildman–Crippen LogP) is 5.85. The molecule has 4 rings (SSSR count). The van der Waals surface area contributed by atoms with E-state index < -0.39 is 0 Å². The number of hydrogen-bond donors (Lipinski definition) is 1. The summed E-state index contributed by atoms with van der Waals surface area (Å²) in [7, 11) is 0. The van der Waals surface area contributed by atoms with E-state index in [2.05, 4.69) is 27.9 Å². The van der Waals surface area contributed by atoms with Gasteiger partial charge >= 0.3 is 0 Å². The summed E-state index contributed by atoms with van der Waals surface area (Å²) in [5.74, 6) is -0.103. The van der Waals surface area contributed by atoms with E-state index in [1.54, 1.807) is 24.3 Å². The van der Waals surface area contributed by atoms with Crippen LogP contribution in [0, 0.1) is 10.5 Å². The monoisotopic (exact) mass is 584 g/mol. The highest BCUT2D eigenvalue weighted by Crippen LogP contribution is 2.33. The number of ether oxygens (including phenoxy) is 1. The molecule has 1 heterocycles. The summed E-state index contributed by atoms with van der Waals surface area (Å²) in [6.45, 7) is 2.06. The first-order valence-electron chi connectivity index (χ1n) is 10.5. The molecule has 1 aliphatic rings. The number of carbonyl (C=O) groups excluding carboxylic acids is 3. The average molecular weight is 584 g/mol. The summed E-state index contributed by atoms with van der Waals surface area (Å²) < 4.78 is 6.70. The lowest BCUT2D eigenvalue weighted by atomic mass is 10.2. The molecule has 0 aromatic heterocycles. The molecule has 172 valence electrons. The van der Waals surface area contributed by atoms with Crippen molar-refractivity contribution in [3.05, 3.63) is 98.0 Å². The van der Waals surface area contributed by atoms with E-state index in [-0.39, 0.29) is 30.2 Å². The summed E-state index contributed by atoms with van der Waals surface area (Å²) in [6, 6.07) is 22.2. The SMILES string of the molecule is Cc1ccc(NC(=O)COc2cccc(/C=C3\SC(=O)N(Cc4ccc(I)cc4)C3=O)c2)cc1. The molecule has 1 fully saturated rings. The number of thioether (sulfide) groups is 1. The Morgan fingerprint density at radius 2 is 1.79 bits per heavy atom. The molecular weight excluding hydrogens is 563 g/mol. The Kier molecular flexibility index (Phi) is 7.69. The van der Waals surface area contributed by atoms with Crippen molar-refractivity contribution in [2.24, 2.45) is 0 Å². The van der Waals surface area contributed by atoms with Gasteiger partial charge in [-0.1, -0.05) is 42.0 Å². The van der Waals surface area contributed by atoms with Crippen molar-refractivity contribution in [1.29, 1.82) is 0 Å². The van der Waals surface area contributed by atoms with Gasteiger partial charge in [-0.05, 0) is 94.9 Å². The zero-order valence-electron chi connectivity index (χ0n) is 18.3. The predicted molar refractivity (Wildman–Crippen MR) is 142 cm³/mol. The van der Waals surface area contributed by atoms with Gasteiger partial charge < -0.3 is 10.1 Å². The number of benzene rings is 3. The van der Waals surface area contributed by atoms with Gasteiger partial charge in [0.1, 0.15) is 5.75 Å². The summed E-state index contributed by atoms with van der Waals surface area (Å²) in [4.78, 5) is 39.0. The van der Waals surface area contributed by atoms with E-state index >= 15 is 0 Å². The van der Waals surface area contributed by atoms with E-state index in [9.17, 15) is 14.4 Å². The van der Waals surface area contributed by atoms with E-state index in [1.807, 2.05) is 61.5 Å². The molecule has 8 heteroatoms. The first-order valence-corrected chi connectivity index (χ1v) is 12.4. The zero-order valence-corrected chi connectivity index (χ0v) is 21.3. The third-order valence-electron chi connectivity index (χ3n) is 4.99. The Hall–Kier alpha value is -3.11. The van der Waals surface area contributed by atoms with Crippen LogP contribution in [0.25, 0.3) is 6.08 Å². The molecule has 34 heavy (non-hydrogen) atoms.